The zero-order valence-electron chi connectivity index (χ0n) is 7.19. The predicted molar refractivity (Wildman–Crippen MR) is 43.4 cm³/mol. The molecule has 0 saturated heterocycles. The van der Waals surface area contributed by atoms with E-state index in [-0.39, 0.29) is 5.78 Å². The van der Waals surface area contributed by atoms with Crippen molar-refractivity contribution < 1.29 is 18.0 Å². The number of hydrogen-bond donors (Lipinski definition) is 0. The van der Waals surface area contributed by atoms with E-state index >= 15 is 0 Å². The molecule has 7 heteroatoms. The van der Waals surface area contributed by atoms with Crippen LogP contribution in [-0.4, -0.2) is 26.3 Å². The van der Waals surface area contributed by atoms with Gasteiger partial charge >= 0.3 is 6.18 Å². The van der Waals surface area contributed by atoms with Gasteiger partial charge in [0.1, 0.15) is 5.69 Å². The molecule has 0 spiro atoms. The van der Waals surface area contributed by atoms with Gasteiger partial charge in [-0.2, -0.15) is 13.2 Å². The Morgan fingerprint density at radius 3 is 2.73 bits per heavy atom. The summed E-state index contributed by atoms with van der Waals surface area (Å²) in [5.41, 5.74) is -0.536. The second-order valence-electron chi connectivity index (χ2n) is 2.76. The largest absolute Gasteiger partial charge is 0.456 e. The fourth-order valence-electron chi connectivity index (χ4n) is 1.14. The van der Waals surface area contributed by atoms with E-state index < -0.39 is 17.7 Å². The minimum atomic E-state index is -4.90. The first-order chi connectivity index (χ1) is 7.00. The quantitative estimate of drug-likeness (QED) is 0.677. The Hall–Kier alpha value is -1.92. The van der Waals surface area contributed by atoms with Gasteiger partial charge in [0.15, 0.2) is 0 Å². The normalized spacial score (nSPS) is 11.9. The highest BCUT2D eigenvalue weighted by Crippen LogP contribution is 2.21. The van der Waals surface area contributed by atoms with Crippen molar-refractivity contribution in [3.63, 3.8) is 0 Å². The molecule has 0 aliphatic rings. The number of carbonyl (C=O) groups excluding carboxylic acids is 1. The number of nitrogens with zero attached hydrogens (tertiary/aromatic N) is 3. The summed E-state index contributed by atoms with van der Waals surface area (Å²) in [5.74, 6) is -1.87. The second-order valence-corrected chi connectivity index (χ2v) is 2.76. The molecule has 2 aromatic heterocycles. The van der Waals surface area contributed by atoms with Crippen molar-refractivity contribution in [3.05, 3.63) is 30.4 Å². The molecule has 0 aliphatic carbocycles. The molecule has 0 aliphatic heterocycles. The van der Waals surface area contributed by atoms with Crippen LogP contribution in [0.2, 0.25) is 0 Å². The van der Waals surface area contributed by atoms with Crippen LogP contribution in [-0.2, 0) is 0 Å². The lowest BCUT2D eigenvalue weighted by Gasteiger charge is -2.03. The molecule has 0 fully saturated rings. The zero-order valence-corrected chi connectivity index (χ0v) is 7.19. The molecule has 78 valence electrons. The van der Waals surface area contributed by atoms with E-state index in [1.165, 1.54) is 18.5 Å². The van der Waals surface area contributed by atoms with Crippen LogP contribution in [0.1, 0.15) is 10.5 Å². The Bertz CT molecular complexity index is 517. The van der Waals surface area contributed by atoms with Crippen LogP contribution in [0, 0.1) is 0 Å². The lowest BCUT2D eigenvalue weighted by Crippen LogP contribution is -2.24. The SMILES string of the molecule is O=C(c1cnc2ncccn12)C(F)(F)F. The van der Waals surface area contributed by atoms with Gasteiger partial charge in [0.2, 0.25) is 5.78 Å². The molecule has 0 radical (unpaired) electrons. The highest BCUT2D eigenvalue weighted by molar-refractivity contribution is 5.99. The van der Waals surface area contributed by atoms with E-state index in [1.807, 2.05) is 0 Å². The Balaban J connectivity index is 2.58. The van der Waals surface area contributed by atoms with E-state index in [4.69, 9.17) is 0 Å². The molecule has 2 aromatic rings. The summed E-state index contributed by atoms with van der Waals surface area (Å²) in [5, 5.41) is 0. The maximum atomic E-state index is 12.1. The smallest absolute Gasteiger partial charge is 0.282 e. The molecular formula is C8H4F3N3O. The van der Waals surface area contributed by atoms with E-state index in [0.717, 1.165) is 10.6 Å². The molecule has 0 N–H and O–H groups in total. The molecule has 15 heavy (non-hydrogen) atoms. The highest BCUT2D eigenvalue weighted by Gasteiger charge is 2.41. The topological polar surface area (TPSA) is 47.3 Å². The van der Waals surface area contributed by atoms with Crippen LogP contribution < -0.4 is 0 Å². The zero-order chi connectivity index (χ0) is 11.1. The summed E-state index contributed by atoms with van der Waals surface area (Å²) in [6, 6.07) is 1.42. The molecule has 2 heterocycles. The number of ketones is 1. The van der Waals surface area contributed by atoms with Gasteiger partial charge in [-0.25, -0.2) is 9.97 Å². The average molecular weight is 215 g/mol. The van der Waals surface area contributed by atoms with Gasteiger partial charge in [-0.1, -0.05) is 0 Å². The van der Waals surface area contributed by atoms with E-state index in [0.29, 0.717) is 0 Å². The van der Waals surface area contributed by atoms with Crippen LogP contribution >= 0.6 is 0 Å². The van der Waals surface area contributed by atoms with E-state index in [9.17, 15) is 18.0 Å². The van der Waals surface area contributed by atoms with E-state index in [1.54, 1.807) is 0 Å². The van der Waals surface area contributed by atoms with Crippen LogP contribution in [0.5, 0.6) is 0 Å². The third kappa shape index (κ3) is 1.56. The van der Waals surface area contributed by atoms with Crippen molar-refractivity contribution in [2.24, 2.45) is 0 Å². The Morgan fingerprint density at radius 1 is 1.33 bits per heavy atom. The molecule has 0 amide bonds. The van der Waals surface area contributed by atoms with Crippen LogP contribution in [0.15, 0.2) is 24.7 Å². The first kappa shape index (κ1) is 9.63. The number of imidazole rings is 1. The third-order valence-electron chi connectivity index (χ3n) is 1.78. The van der Waals surface area contributed by atoms with Gasteiger partial charge in [0.05, 0.1) is 6.20 Å². The number of halogens is 3. The average Bonchev–Trinajstić information content (AvgIpc) is 2.58. The highest BCUT2D eigenvalue weighted by atomic mass is 19.4. The number of aromatic nitrogens is 3. The summed E-state index contributed by atoms with van der Waals surface area (Å²) in [4.78, 5) is 18.2. The van der Waals surface area contributed by atoms with Crippen LogP contribution in [0.25, 0.3) is 5.78 Å². The van der Waals surface area contributed by atoms with Crippen molar-refractivity contribution >= 4 is 11.6 Å². The number of Topliss-reactive ketones (excluding diaryl/α,β-unsaturated/α-hetero) is 1. The first-order valence-electron chi connectivity index (χ1n) is 3.90. The minimum Gasteiger partial charge on any atom is -0.282 e. The monoisotopic (exact) mass is 215 g/mol. The van der Waals surface area contributed by atoms with E-state index in [2.05, 4.69) is 9.97 Å². The van der Waals surface area contributed by atoms with Crippen LogP contribution in [0.4, 0.5) is 13.2 Å². The van der Waals surface area contributed by atoms with Gasteiger partial charge < -0.3 is 0 Å². The number of carbonyl (C=O) groups is 1. The molecular weight excluding hydrogens is 211 g/mol. The van der Waals surface area contributed by atoms with Gasteiger partial charge in [0.25, 0.3) is 5.78 Å². The van der Waals surface area contributed by atoms with Gasteiger partial charge in [-0.15, -0.1) is 0 Å². The molecule has 0 saturated carbocycles. The second kappa shape index (κ2) is 3.04. The van der Waals surface area contributed by atoms with Crippen molar-refractivity contribution in [1.82, 2.24) is 14.4 Å². The number of alkyl halides is 3. The number of fused-ring (bicyclic) bond motifs is 1. The molecule has 0 bridgehead atoms. The molecule has 4 nitrogen and oxygen atoms in total. The van der Waals surface area contributed by atoms with Crippen molar-refractivity contribution in [3.8, 4) is 0 Å². The predicted octanol–water partition coefficient (Wildman–Crippen LogP) is 1.47. The Labute approximate surface area is 81.4 Å². The fourth-order valence-corrected chi connectivity index (χ4v) is 1.14. The Kier molecular flexibility index (Phi) is 1.95. The minimum absolute atomic E-state index is 0.0603. The lowest BCUT2D eigenvalue weighted by molar-refractivity contribution is -0.0888. The van der Waals surface area contributed by atoms with Crippen LogP contribution in [0.3, 0.4) is 0 Å². The van der Waals surface area contributed by atoms with Gasteiger partial charge in [0, 0.05) is 12.4 Å². The summed E-state index contributed by atoms with van der Waals surface area (Å²) >= 11 is 0. The standard InChI is InChI=1S/C8H4F3N3O/c9-8(10,11)6(15)5-4-13-7-12-2-1-3-14(5)7/h1-4H. The van der Waals surface area contributed by atoms with Crippen molar-refractivity contribution in [2.75, 3.05) is 0 Å². The van der Waals surface area contributed by atoms with Gasteiger partial charge in [-0.05, 0) is 6.07 Å². The molecule has 0 unspecified atom stereocenters. The maximum absolute atomic E-state index is 12.1. The fraction of sp³-hybridized carbons (Fsp3) is 0.125. The molecule has 0 atom stereocenters. The number of hydrogen-bond acceptors (Lipinski definition) is 3. The summed E-state index contributed by atoms with van der Waals surface area (Å²) in [6.07, 6.45) is -1.36. The molecule has 2 rings (SSSR count). The van der Waals surface area contributed by atoms with Crippen molar-refractivity contribution in [2.45, 2.75) is 6.18 Å². The first-order valence-corrected chi connectivity index (χ1v) is 3.90. The Morgan fingerprint density at radius 2 is 2.07 bits per heavy atom. The van der Waals surface area contributed by atoms with Crippen molar-refractivity contribution in [1.29, 1.82) is 0 Å². The summed E-state index contributed by atoms with van der Waals surface area (Å²) in [7, 11) is 0. The maximum Gasteiger partial charge on any atom is 0.456 e. The molecule has 0 aromatic carbocycles. The summed E-state index contributed by atoms with van der Waals surface area (Å²) < 4.78 is 37.4. The number of rotatable bonds is 1. The van der Waals surface area contributed by atoms with Gasteiger partial charge in [-0.3, -0.25) is 9.20 Å². The third-order valence-corrected chi connectivity index (χ3v) is 1.78. The lowest BCUT2D eigenvalue weighted by atomic mass is 10.3. The summed E-state index contributed by atoms with van der Waals surface area (Å²) in [6.45, 7) is 0.